The van der Waals surface area contributed by atoms with Crippen LogP contribution in [0.4, 0.5) is 10.5 Å². The lowest BCUT2D eigenvalue weighted by Gasteiger charge is -2.38. The number of aliphatic hydroxyl groups excluding tert-OH is 1. The number of likely N-dealkylation sites (tertiary alicyclic amines) is 1. The van der Waals surface area contributed by atoms with Crippen LogP contribution in [0.3, 0.4) is 0 Å². The Morgan fingerprint density at radius 3 is 2.86 bits per heavy atom. The summed E-state index contributed by atoms with van der Waals surface area (Å²) < 4.78 is 6.72. The summed E-state index contributed by atoms with van der Waals surface area (Å²) in [5, 5.41) is 10.5. The van der Waals surface area contributed by atoms with Crippen molar-refractivity contribution < 1.29 is 14.6 Å². The fraction of sp³-hybridized carbons (Fsp3) is 0.481. The van der Waals surface area contributed by atoms with Crippen molar-refractivity contribution in [3.8, 4) is 11.1 Å². The lowest BCUT2D eigenvalue weighted by molar-refractivity contribution is 0.0292. The van der Waals surface area contributed by atoms with Crippen molar-refractivity contribution in [2.24, 2.45) is 5.92 Å². The normalized spacial score (nSPS) is 23.4. The molecule has 1 N–H and O–H groups in total. The number of amides is 1. The first-order valence-corrected chi connectivity index (χ1v) is 13.5. The summed E-state index contributed by atoms with van der Waals surface area (Å²) in [5.74, 6) is 1.19. The molecule has 6 nitrogen and oxygen atoms in total. The number of pyridine rings is 1. The first-order valence-electron chi connectivity index (χ1n) is 12.3. The average Bonchev–Trinajstić information content (AvgIpc) is 3.22. The zero-order valence-corrected chi connectivity index (χ0v) is 21.8. The number of carbonyl (C=O) groups is 1. The van der Waals surface area contributed by atoms with Gasteiger partial charge in [-0.25, -0.2) is 4.79 Å². The van der Waals surface area contributed by atoms with Crippen molar-refractivity contribution in [3.63, 3.8) is 0 Å². The second-order valence-corrected chi connectivity index (χ2v) is 12.5. The number of benzene rings is 1. The minimum absolute atomic E-state index is 0.00652. The first kappa shape index (κ1) is 23.1. The Hall–Kier alpha value is -2.35. The summed E-state index contributed by atoms with van der Waals surface area (Å²) in [6, 6.07) is 8.47. The third-order valence-corrected chi connectivity index (χ3v) is 8.67. The van der Waals surface area contributed by atoms with Crippen LogP contribution in [0.25, 0.3) is 21.3 Å². The van der Waals surface area contributed by atoms with E-state index in [1.54, 1.807) is 11.3 Å². The second kappa shape index (κ2) is 8.36. The lowest BCUT2D eigenvalue weighted by Crippen LogP contribution is -2.43. The summed E-state index contributed by atoms with van der Waals surface area (Å²) in [5.41, 5.74) is 5.18. The van der Waals surface area contributed by atoms with Gasteiger partial charge in [-0.1, -0.05) is 11.6 Å². The van der Waals surface area contributed by atoms with Gasteiger partial charge in [-0.2, -0.15) is 0 Å². The zero-order valence-electron chi connectivity index (χ0n) is 20.3. The fourth-order valence-corrected chi connectivity index (χ4v) is 6.93. The topological polar surface area (TPSA) is 65.9 Å². The van der Waals surface area contributed by atoms with Gasteiger partial charge in [-0.3, -0.25) is 4.98 Å². The molecule has 35 heavy (non-hydrogen) atoms. The molecule has 3 atom stereocenters. The molecule has 1 saturated heterocycles. The minimum Gasteiger partial charge on any atom is -0.444 e. The number of hydrogen-bond donors (Lipinski definition) is 1. The van der Waals surface area contributed by atoms with Crippen LogP contribution in [0.2, 0.25) is 5.02 Å². The van der Waals surface area contributed by atoms with E-state index in [0.29, 0.717) is 24.9 Å². The van der Waals surface area contributed by atoms with E-state index in [1.807, 2.05) is 37.9 Å². The Morgan fingerprint density at radius 1 is 1.26 bits per heavy atom. The largest absolute Gasteiger partial charge is 0.444 e. The Morgan fingerprint density at radius 2 is 2.09 bits per heavy atom. The van der Waals surface area contributed by atoms with E-state index in [4.69, 9.17) is 16.3 Å². The molecule has 0 spiro atoms. The summed E-state index contributed by atoms with van der Waals surface area (Å²) in [6.45, 7) is 8.09. The van der Waals surface area contributed by atoms with Gasteiger partial charge in [-0.05, 0) is 75.3 Å². The molecule has 1 saturated carbocycles. The third-order valence-electron chi connectivity index (χ3n) is 7.31. The number of fused-ring (bicyclic) bond motifs is 4. The number of thiophene rings is 1. The summed E-state index contributed by atoms with van der Waals surface area (Å²) in [6.07, 6.45) is 3.71. The van der Waals surface area contributed by atoms with Crippen LogP contribution in [0.5, 0.6) is 0 Å². The van der Waals surface area contributed by atoms with E-state index in [9.17, 15) is 9.90 Å². The van der Waals surface area contributed by atoms with Crippen LogP contribution in [0, 0.1) is 5.92 Å². The summed E-state index contributed by atoms with van der Waals surface area (Å²) >= 11 is 8.28. The Bertz CT molecular complexity index is 1320. The number of carbonyl (C=O) groups excluding carboxylic acids is 1. The van der Waals surface area contributed by atoms with Gasteiger partial charge in [0.15, 0.2) is 0 Å². The Kier molecular flexibility index (Phi) is 5.51. The van der Waals surface area contributed by atoms with Crippen LogP contribution >= 0.6 is 22.9 Å². The van der Waals surface area contributed by atoms with Crippen molar-refractivity contribution in [2.45, 2.75) is 57.8 Å². The van der Waals surface area contributed by atoms with Gasteiger partial charge in [0.1, 0.15) is 5.60 Å². The number of hydrogen-bond acceptors (Lipinski definition) is 6. The highest BCUT2D eigenvalue weighted by molar-refractivity contribution is 7.19. The van der Waals surface area contributed by atoms with Crippen LogP contribution in [0.15, 0.2) is 30.5 Å². The van der Waals surface area contributed by atoms with Crippen molar-refractivity contribution >= 4 is 44.9 Å². The molecule has 1 aliphatic carbocycles. The molecule has 6 rings (SSSR count). The van der Waals surface area contributed by atoms with E-state index in [1.165, 1.54) is 17.7 Å². The average molecular weight is 512 g/mol. The highest BCUT2D eigenvalue weighted by atomic mass is 35.5. The Labute approximate surface area is 214 Å². The molecule has 0 radical (unpaired) electrons. The maximum absolute atomic E-state index is 12.8. The lowest BCUT2D eigenvalue weighted by atomic mass is 9.92. The monoisotopic (exact) mass is 511 g/mol. The molecule has 3 aromatic rings. The minimum atomic E-state index is -0.501. The van der Waals surface area contributed by atoms with Crippen LogP contribution in [0.1, 0.15) is 50.0 Å². The quantitative estimate of drug-likeness (QED) is 0.464. The molecule has 2 aromatic heterocycles. The van der Waals surface area contributed by atoms with Crippen molar-refractivity contribution in [1.29, 1.82) is 0 Å². The van der Waals surface area contributed by atoms with Gasteiger partial charge >= 0.3 is 6.09 Å². The van der Waals surface area contributed by atoms with Crippen LogP contribution in [-0.4, -0.2) is 52.4 Å². The zero-order chi connectivity index (χ0) is 24.5. The van der Waals surface area contributed by atoms with E-state index < -0.39 is 5.60 Å². The highest BCUT2D eigenvalue weighted by Crippen LogP contribution is 2.58. The molecule has 2 fully saturated rings. The van der Waals surface area contributed by atoms with Gasteiger partial charge in [0.2, 0.25) is 0 Å². The van der Waals surface area contributed by atoms with E-state index >= 15 is 0 Å². The summed E-state index contributed by atoms with van der Waals surface area (Å²) in [7, 11) is 0. The first-order chi connectivity index (χ1) is 16.7. The number of ether oxygens (including phenoxy) is 1. The molecule has 3 aliphatic rings. The molecular weight excluding hydrogens is 482 g/mol. The third kappa shape index (κ3) is 4.17. The Balaban J connectivity index is 1.41. The van der Waals surface area contributed by atoms with Crippen LogP contribution < -0.4 is 4.90 Å². The van der Waals surface area contributed by atoms with Gasteiger partial charge in [0, 0.05) is 58.6 Å². The molecule has 0 unspecified atom stereocenters. The highest BCUT2D eigenvalue weighted by Gasteiger charge is 2.48. The molecular formula is C27H30ClN3O3S. The molecule has 184 valence electrons. The van der Waals surface area contributed by atoms with Crippen molar-refractivity contribution in [3.05, 3.63) is 45.9 Å². The van der Waals surface area contributed by atoms with Gasteiger partial charge in [0.25, 0.3) is 0 Å². The smallest absolute Gasteiger partial charge is 0.410 e. The number of nitrogens with zero attached hydrogens (tertiary/aromatic N) is 3. The number of aliphatic hydroxyl groups is 1. The van der Waals surface area contributed by atoms with E-state index in [0.717, 1.165) is 44.2 Å². The predicted octanol–water partition coefficient (Wildman–Crippen LogP) is 6.04. The molecule has 4 heterocycles. The SMILES string of the molecule is CC(C)(C)OC(=O)N1CC[C@@H](N2C[C@@H]3C[C@@H]3c3cc(Cl)cc(-c4ccnc5cc(CO)sc45)c32)C1. The predicted molar refractivity (Wildman–Crippen MR) is 140 cm³/mol. The number of halogens is 1. The van der Waals surface area contributed by atoms with Gasteiger partial charge in [-0.15, -0.1) is 11.3 Å². The molecule has 1 aromatic carbocycles. The molecule has 0 bridgehead atoms. The number of anilines is 1. The van der Waals surface area contributed by atoms with Gasteiger partial charge in [0.05, 0.1) is 16.8 Å². The van der Waals surface area contributed by atoms with Gasteiger partial charge < -0.3 is 19.6 Å². The maximum Gasteiger partial charge on any atom is 0.410 e. The van der Waals surface area contributed by atoms with Crippen LogP contribution in [-0.2, 0) is 11.3 Å². The molecule has 2 aliphatic heterocycles. The van der Waals surface area contributed by atoms with Crippen molar-refractivity contribution in [2.75, 3.05) is 24.5 Å². The molecule has 1 amide bonds. The molecule has 8 heteroatoms. The summed E-state index contributed by atoms with van der Waals surface area (Å²) in [4.78, 5) is 22.6. The number of aromatic nitrogens is 1. The second-order valence-electron chi connectivity index (χ2n) is 11.0. The van der Waals surface area contributed by atoms with E-state index in [-0.39, 0.29) is 18.7 Å². The van der Waals surface area contributed by atoms with E-state index in [2.05, 4.69) is 28.1 Å². The maximum atomic E-state index is 12.8. The van der Waals surface area contributed by atoms with Crippen molar-refractivity contribution in [1.82, 2.24) is 9.88 Å². The fourth-order valence-electron chi connectivity index (χ4n) is 5.70. The standard InChI is InChI=1S/C27H30ClN3O3S/c1-27(2,3)34-26(33)30-7-5-17(13-30)31-12-15-8-20(15)22-10-16(28)9-21(24(22)31)19-4-6-29-23-11-18(14-32)35-25(19)23/h4,6,9-11,15,17,20,32H,5,7-8,12-14H2,1-3H3/t15-,17+,20-/m0/s1. The number of rotatable bonds is 3.